The topological polar surface area (TPSA) is 43.6 Å². The molecule has 0 radical (unpaired) electrons. The van der Waals surface area contributed by atoms with Crippen LogP contribution in [-0.4, -0.2) is 23.7 Å². The number of aromatic nitrogens is 1. The van der Waals surface area contributed by atoms with E-state index in [1.807, 2.05) is 39.0 Å². The molecule has 0 unspecified atom stereocenters. The van der Waals surface area contributed by atoms with Crippen LogP contribution in [0.15, 0.2) is 35.3 Å². The first-order chi connectivity index (χ1) is 12.9. The Morgan fingerprint density at radius 2 is 1.85 bits per heavy atom. The third kappa shape index (κ3) is 4.20. The van der Waals surface area contributed by atoms with E-state index in [2.05, 4.69) is 35.5 Å². The lowest BCUT2D eigenvalue weighted by Gasteiger charge is -2.08. The Labute approximate surface area is 164 Å². The maximum Gasteiger partial charge on any atom is 0.279 e. The van der Waals surface area contributed by atoms with Crippen LogP contribution in [0.2, 0.25) is 0 Å². The molecular formula is C22H26N2O2S. The first kappa shape index (κ1) is 19.5. The average molecular weight is 383 g/mol. The van der Waals surface area contributed by atoms with E-state index >= 15 is 0 Å². The minimum absolute atomic E-state index is 0.204. The van der Waals surface area contributed by atoms with Gasteiger partial charge < -0.3 is 9.30 Å². The summed E-state index contributed by atoms with van der Waals surface area (Å²) in [6, 6.07) is 10.1. The summed E-state index contributed by atoms with van der Waals surface area (Å²) in [5.74, 6) is -0.204. The van der Waals surface area contributed by atoms with Crippen molar-refractivity contribution in [3.05, 3.63) is 63.0 Å². The normalized spacial score (nSPS) is 12.1. The first-order valence-electron chi connectivity index (χ1n) is 9.25. The molecule has 0 saturated carbocycles. The summed E-state index contributed by atoms with van der Waals surface area (Å²) in [7, 11) is 0. The van der Waals surface area contributed by atoms with Gasteiger partial charge in [0.2, 0.25) is 0 Å². The maximum atomic E-state index is 12.8. The lowest BCUT2D eigenvalue weighted by Crippen LogP contribution is -2.20. The second-order valence-corrected chi connectivity index (χ2v) is 7.89. The summed E-state index contributed by atoms with van der Waals surface area (Å²) >= 11 is 1.56. The summed E-state index contributed by atoms with van der Waals surface area (Å²) < 4.78 is 8.81. The number of nitrogens with zero attached hydrogens (tertiary/aromatic N) is 2. The largest absolute Gasteiger partial charge is 0.380 e. The molecule has 0 spiro atoms. The molecule has 1 amide bonds. The molecule has 0 aliphatic rings. The Bertz CT molecular complexity index is 1060. The molecule has 1 aromatic heterocycles. The summed E-state index contributed by atoms with van der Waals surface area (Å²) in [4.78, 5) is 18.0. The van der Waals surface area contributed by atoms with Gasteiger partial charge in [0, 0.05) is 18.7 Å². The van der Waals surface area contributed by atoms with Gasteiger partial charge >= 0.3 is 0 Å². The van der Waals surface area contributed by atoms with Crippen LogP contribution in [0.25, 0.3) is 10.2 Å². The van der Waals surface area contributed by atoms with Crippen LogP contribution < -0.4 is 4.80 Å². The number of fused-ring (bicyclic) bond motifs is 1. The van der Waals surface area contributed by atoms with Crippen molar-refractivity contribution in [2.45, 2.75) is 41.2 Å². The maximum absolute atomic E-state index is 12.8. The number of ether oxygens (including phenoxy) is 1. The monoisotopic (exact) mass is 382 g/mol. The molecular weight excluding hydrogens is 356 g/mol. The highest BCUT2D eigenvalue weighted by Gasteiger charge is 2.12. The standard InChI is InChI=1S/C22H26N2O2S/c1-6-26-10-9-24-20-17(5)11-14(2)12-19(20)27-22(24)23-21(25)18-8-7-15(3)16(4)13-18/h7-8,11-13H,6,9-10H2,1-5H3. The number of amides is 1. The summed E-state index contributed by atoms with van der Waals surface area (Å²) in [6.07, 6.45) is 0. The molecule has 0 aliphatic heterocycles. The molecule has 3 rings (SSSR count). The van der Waals surface area contributed by atoms with Gasteiger partial charge in [-0.3, -0.25) is 4.79 Å². The molecule has 0 N–H and O–H groups in total. The molecule has 142 valence electrons. The van der Waals surface area contributed by atoms with Gasteiger partial charge in [-0.05, 0) is 75.1 Å². The number of hydrogen-bond acceptors (Lipinski definition) is 3. The fourth-order valence-electron chi connectivity index (χ4n) is 3.21. The molecule has 0 atom stereocenters. The number of benzene rings is 2. The highest BCUT2D eigenvalue weighted by molar-refractivity contribution is 7.16. The lowest BCUT2D eigenvalue weighted by molar-refractivity contribution is 0.0996. The Morgan fingerprint density at radius 3 is 2.56 bits per heavy atom. The van der Waals surface area contributed by atoms with Crippen LogP contribution in [0.1, 0.15) is 39.5 Å². The Kier molecular flexibility index (Phi) is 5.92. The van der Waals surface area contributed by atoms with E-state index in [0.29, 0.717) is 25.3 Å². The minimum Gasteiger partial charge on any atom is -0.380 e. The Balaban J connectivity index is 2.12. The lowest BCUT2D eigenvalue weighted by atomic mass is 10.1. The van der Waals surface area contributed by atoms with Crippen molar-refractivity contribution >= 4 is 27.5 Å². The fraction of sp³-hybridized carbons (Fsp3) is 0.364. The number of hydrogen-bond donors (Lipinski definition) is 0. The first-order valence-corrected chi connectivity index (χ1v) is 10.1. The van der Waals surface area contributed by atoms with Crippen LogP contribution >= 0.6 is 11.3 Å². The van der Waals surface area contributed by atoms with Crippen LogP contribution in [0.4, 0.5) is 0 Å². The molecule has 27 heavy (non-hydrogen) atoms. The SMILES string of the molecule is CCOCCn1c(=NC(=O)c2ccc(C)c(C)c2)sc2cc(C)cc(C)c21. The van der Waals surface area contributed by atoms with Crippen LogP contribution in [-0.2, 0) is 11.3 Å². The molecule has 0 fully saturated rings. The van der Waals surface area contributed by atoms with Gasteiger partial charge in [0.05, 0.1) is 16.8 Å². The highest BCUT2D eigenvalue weighted by atomic mass is 32.1. The predicted molar refractivity (Wildman–Crippen MR) is 112 cm³/mol. The van der Waals surface area contributed by atoms with Gasteiger partial charge in [0.1, 0.15) is 0 Å². The van der Waals surface area contributed by atoms with Crippen molar-refractivity contribution in [3.63, 3.8) is 0 Å². The van der Waals surface area contributed by atoms with E-state index in [0.717, 1.165) is 20.6 Å². The van der Waals surface area contributed by atoms with Gasteiger partial charge in [-0.25, -0.2) is 0 Å². The second-order valence-electron chi connectivity index (χ2n) is 6.88. The van der Waals surface area contributed by atoms with E-state index in [9.17, 15) is 4.79 Å². The van der Waals surface area contributed by atoms with Gasteiger partial charge in [0.15, 0.2) is 4.80 Å². The van der Waals surface area contributed by atoms with Crippen LogP contribution in [0.5, 0.6) is 0 Å². The van der Waals surface area contributed by atoms with Gasteiger partial charge in [0.25, 0.3) is 5.91 Å². The molecule has 4 nitrogen and oxygen atoms in total. The van der Waals surface area contributed by atoms with Crippen molar-refractivity contribution in [2.24, 2.45) is 4.99 Å². The highest BCUT2D eigenvalue weighted by Crippen LogP contribution is 2.23. The van der Waals surface area contributed by atoms with E-state index in [4.69, 9.17) is 4.74 Å². The molecule has 2 aromatic carbocycles. The van der Waals surface area contributed by atoms with Crippen LogP contribution in [0.3, 0.4) is 0 Å². The minimum atomic E-state index is -0.204. The summed E-state index contributed by atoms with van der Waals surface area (Å²) in [6.45, 7) is 12.2. The number of aryl methyl sites for hydroxylation is 4. The smallest absolute Gasteiger partial charge is 0.279 e. The third-order valence-corrected chi connectivity index (χ3v) is 5.75. The molecule has 0 saturated heterocycles. The quantitative estimate of drug-likeness (QED) is 0.600. The zero-order valence-corrected chi connectivity index (χ0v) is 17.4. The van der Waals surface area contributed by atoms with Crippen molar-refractivity contribution in [2.75, 3.05) is 13.2 Å². The van der Waals surface area contributed by atoms with E-state index in [1.54, 1.807) is 11.3 Å². The van der Waals surface area contributed by atoms with Crippen molar-refractivity contribution < 1.29 is 9.53 Å². The third-order valence-electron chi connectivity index (χ3n) is 4.73. The van der Waals surface area contributed by atoms with E-state index in [1.165, 1.54) is 16.7 Å². The molecule has 0 bridgehead atoms. The number of rotatable bonds is 5. The predicted octanol–water partition coefficient (Wildman–Crippen LogP) is 4.71. The van der Waals surface area contributed by atoms with E-state index < -0.39 is 0 Å². The fourth-order valence-corrected chi connectivity index (χ4v) is 4.44. The Hall–Kier alpha value is -2.24. The average Bonchev–Trinajstić information content (AvgIpc) is 2.94. The Morgan fingerprint density at radius 1 is 1.07 bits per heavy atom. The van der Waals surface area contributed by atoms with Crippen LogP contribution in [0, 0.1) is 27.7 Å². The van der Waals surface area contributed by atoms with Gasteiger partial charge in [-0.15, -0.1) is 0 Å². The molecule has 0 aliphatic carbocycles. The van der Waals surface area contributed by atoms with Gasteiger partial charge in [-0.2, -0.15) is 4.99 Å². The number of carbonyl (C=O) groups excluding carboxylic acids is 1. The van der Waals surface area contributed by atoms with Crippen molar-refractivity contribution in [1.29, 1.82) is 0 Å². The second kappa shape index (κ2) is 8.19. The molecule has 5 heteroatoms. The zero-order chi connectivity index (χ0) is 19.6. The molecule has 1 heterocycles. The van der Waals surface area contributed by atoms with Gasteiger partial charge in [-0.1, -0.05) is 23.5 Å². The van der Waals surface area contributed by atoms with E-state index in [-0.39, 0.29) is 5.91 Å². The number of thiazole rings is 1. The summed E-state index contributed by atoms with van der Waals surface area (Å²) in [5.41, 5.74) is 6.44. The van der Waals surface area contributed by atoms with Crippen molar-refractivity contribution in [3.8, 4) is 0 Å². The summed E-state index contributed by atoms with van der Waals surface area (Å²) in [5, 5.41) is 0. The molecule has 3 aromatic rings. The zero-order valence-electron chi connectivity index (χ0n) is 16.6. The number of carbonyl (C=O) groups is 1. The van der Waals surface area contributed by atoms with Crippen molar-refractivity contribution in [1.82, 2.24) is 4.57 Å².